The van der Waals surface area contributed by atoms with E-state index in [1.165, 1.54) is 30.2 Å². The molecule has 0 spiro atoms. The molecule has 1 aliphatic heterocycles. The molecule has 3 aliphatic rings. The van der Waals surface area contributed by atoms with Crippen LogP contribution in [0.5, 0.6) is 0 Å². The van der Waals surface area contributed by atoms with Crippen molar-refractivity contribution in [3.63, 3.8) is 0 Å². The fourth-order valence-corrected chi connectivity index (χ4v) is 7.29. The maximum absolute atomic E-state index is 14.4. The molecule has 2 aromatic rings. The van der Waals surface area contributed by atoms with Crippen molar-refractivity contribution in [3.05, 3.63) is 44.3 Å². The number of thiophene rings is 1. The largest absolute Gasteiger partial charge is 0.356 e. The van der Waals surface area contributed by atoms with Gasteiger partial charge in [0.25, 0.3) is 0 Å². The van der Waals surface area contributed by atoms with Crippen LogP contribution in [0.2, 0.25) is 9.36 Å². The molecule has 2 saturated carbocycles. The molecule has 0 bridgehead atoms. The van der Waals surface area contributed by atoms with Crippen molar-refractivity contribution in [2.45, 2.75) is 75.9 Å². The van der Waals surface area contributed by atoms with Gasteiger partial charge < -0.3 is 16.0 Å². The zero-order chi connectivity index (χ0) is 23.0. The molecule has 2 unspecified atom stereocenters. The number of fused-ring (bicyclic) bond motifs is 1. The van der Waals surface area contributed by atoms with Gasteiger partial charge in [0.2, 0.25) is 5.91 Å². The molecular weight excluding hydrogens is 480 g/mol. The van der Waals surface area contributed by atoms with Gasteiger partial charge in [-0.15, -0.1) is 11.3 Å². The highest BCUT2D eigenvalue weighted by Gasteiger charge is 2.53. The lowest BCUT2D eigenvalue weighted by Crippen LogP contribution is -2.56. The van der Waals surface area contributed by atoms with Gasteiger partial charge in [0.15, 0.2) is 5.66 Å². The summed E-state index contributed by atoms with van der Waals surface area (Å²) in [5.41, 5.74) is 0.419. The van der Waals surface area contributed by atoms with Gasteiger partial charge in [-0.1, -0.05) is 61.7 Å². The summed E-state index contributed by atoms with van der Waals surface area (Å²) in [4.78, 5) is 15.0. The zero-order valence-electron chi connectivity index (χ0n) is 18.6. The number of carbonyl (C=O) groups is 1. The standard InChI is InChI=1S/C25H30Cl2FN3OS/c26-17-13-19-20(14-18(17)28)31-25(30-19,21-11-12-22(27)33-21)23(15-7-3-1-4-8-15)24(32)29-16-9-5-2-6-10-16/h11-16,23,30-31H,1-10H2,(H,29,32). The van der Waals surface area contributed by atoms with Crippen LogP contribution in [0.15, 0.2) is 24.3 Å². The number of nitrogens with one attached hydrogen (secondary N) is 3. The van der Waals surface area contributed by atoms with Crippen LogP contribution >= 0.6 is 34.5 Å². The highest BCUT2D eigenvalue weighted by Crippen LogP contribution is 2.51. The Morgan fingerprint density at radius 1 is 1.00 bits per heavy atom. The van der Waals surface area contributed by atoms with Crippen molar-refractivity contribution in [3.8, 4) is 0 Å². The fourth-order valence-electron chi connectivity index (χ4n) is 5.94. The van der Waals surface area contributed by atoms with Crippen LogP contribution in [0.4, 0.5) is 15.8 Å². The molecule has 178 valence electrons. The van der Waals surface area contributed by atoms with E-state index in [-0.39, 0.29) is 28.8 Å². The third-order valence-corrected chi connectivity index (χ3v) is 9.16. The first-order chi connectivity index (χ1) is 16.0. The number of hydrogen-bond donors (Lipinski definition) is 3. The van der Waals surface area contributed by atoms with Gasteiger partial charge in [-0.05, 0) is 49.8 Å². The normalized spacial score (nSPS) is 24.6. The summed E-state index contributed by atoms with van der Waals surface area (Å²) in [6, 6.07) is 7.07. The maximum Gasteiger partial charge on any atom is 0.228 e. The minimum atomic E-state index is -0.905. The average Bonchev–Trinajstić information content (AvgIpc) is 3.40. The van der Waals surface area contributed by atoms with Gasteiger partial charge in [0.05, 0.1) is 31.5 Å². The lowest BCUT2D eigenvalue weighted by molar-refractivity contribution is -0.130. The van der Waals surface area contributed by atoms with Crippen LogP contribution in [0, 0.1) is 17.7 Å². The van der Waals surface area contributed by atoms with Crippen LogP contribution in [-0.2, 0) is 10.5 Å². The SMILES string of the molecule is O=C(NC1CCCCC1)C(C1CCCCC1)C1(c2ccc(Cl)s2)Nc2cc(F)c(Cl)cc2N1. The van der Waals surface area contributed by atoms with E-state index in [0.717, 1.165) is 56.2 Å². The minimum absolute atomic E-state index is 0.0592. The van der Waals surface area contributed by atoms with Gasteiger partial charge >= 0.3 is 0 Å². The van der Waals surface area contributed by atoms with Crippen molar-refractivity contribution in [1.29, 1.82) is 0 Å². The molecule has 33 heavy (non-hydrogen) atoms. The Labute approximate surface area is 208 Å². The van der Waals surface area contributed by atoms with Crippen LogP contribution in [0.3, 0.4) is 0 Å². The second-order valence-corrected chi connectivity index (χ2v) is 11.8. The lowest BCUT2D eigenvalue weighted by atomic mass is 9.72. The van der Waals surface area contributed by atoms with Gasteiger partial charge in [-0.2, -0.15) is 0 Å². The van der Waals surface area contributed by atoms with E-state index in [1.807, 2.05) is 12.1 Å². The monoisotopic (exact) mass is 509 g/mol. The highest BCUT2D eigenvalue weighted by molar-refractivity contribution is 7.16. The summed E-state index contributed by atoms with van der Waals surface area (Å²) < 4.78 is 15.0. The first-order valence-electron chi connectivity index (χ1n) is 12.1. The molecule has 4 nitrogen and oxygen atoms in total. The zero-order valence-corrected chi connectivity index (χ0v) is 20.9. The minimum Gasteiger partial charge on any atom is -0.356 e. The molecule has 0 radical (unpaired) electrons. The molecule has 2 atom stereocenters. The quantitative estimate of drug-likeness (QED) is 0.390. The topological polar surface area (TPSA) is 53.2 Å². The Bertz CT molecular complexity index is 986. The molecule has 5 rings (SSSR count). The van der Waals surface area contributed by atoms with Crippen molar-refractivity contribution in [1.82, 2.24) is 5.32 Å². The Kier molecular flexibility index (Phi) is 6.79. The third-order valence-electron chi connectivity index (χ3n) is 7.51. The van der Waals surface area contributed by atoms with Gasteiger partial charge in [-0.3, -0.25) is 4.79 Å². The van der Waals surface area contributed by atoms with Crippen LogP contribution in [0.25, 0.3) is 0 Å². The van der Waals surface area contributed by atoms with E-state index in [0.29, 0.717) is 15.7 Å². The van der Waals surface area contributed by atoms with E-state index in [4.69, 9.17) is 23.2 Å². The van der Waals surface area contributed by atoms with E-state index >= 15 is 0 Å². The second-order valence-electron chi connectivity index (χ2n) is 9.69. The molecule has 1 aromatic carbocycles. The van der Waals surface area contributed by atoms with Crippen LogP contribution in [0.1, 0.15) is 69.1 Å². The van der Waals surface area contributed by atoms with Gasteiger partial charge in [0, 0.05) is 12.1 Å². The predicted molar refractivity (Wildman–Crippen MR) is 135 cm³/mol. The molecule has 2 heterocycles. The summed E-state index contributed by atoms with van der Waals surface area (Å²) in [6.45, 7) is 0. The number of benzene rings is 1. The summed E-state index contributed by atoms with van der Waals surface area (Å²) in [6.07, 6.45) is 11.0. The fraction of sp³-hybridized carbons (Fsp3) is 0.560. The number of amides is 1. The van der Waals surface area contributed by atoms with E-state index < -0.39 is 11.5 Å². The average molecular weight is 511 g/mol. The van der Waals surface area contributed by atoms with E-state index in [9.17, 15) is 9.18 Å². The Balaban J connectivity index is 1.57. The summed E-state index contributed by atoms with van der Waals surface area (Å²) in [5.74, 6) is -0.579. The van der Waals surface area contributed by atoms with Gasteiger partial charge in [-0.25, -0.2) is 4.39 Å². The predicted octanol–water partition coefficient (Wildman–Crippen LogP) is 7.53. The number of hydrogen-bond acceptors (Lipinski definition) is 4. The summed E-state index contributed by atoms with van der Waals surface area (Å²) in [5, 5.41) is 10.6. The third kappa shape index (κ3) is 4.59. The summed E-state index contributed by atoms with van der Waals surface area (Å²) in [7, 11) is 0. The first-order valence-corrected chi connectivity index (χ1v) is 13.6. The molecule has 1 aromatic heterocycles. The van der Waals surface area contributed by atoms with Crippen LogP contribution in [-0.4, -0.2) is 11.9 Å². The Morgan fingerprint density at radius 3 is 2.27 bits per heavy atom. The molecular formula is C25H30Cl2FN3OS. The molecule has 0 saturated heterocycles. The van der Waals surface area contributed by atoms with Gasteiger partial charge in [0.1, 0.15) is 5.82 Å². The molecule has 8 heteroatoms. The first kappa shape index (κ1) is 23.3. The smallest absolute Gasteiger partial charge is 0.228 e. The van der Waals surface area contributed by atoms with Crippen molar-refractivity contribution >= 4 is 51.8 Å². The van der Waals surface area contributed by atoms with E-state index in [1.54, 1.807) is 6.07 Å². The maximum atomic E-state index is 14.4. The van der Waals surface area contributed by atoms with E-state index in [2.05, 4.69) is 16.0 Å². The number of halogens is 3. The Hall–Kier alpha value is -1.50. The molecule has 2 aliphatic carbocycles. The number of rotatable bonds is 5. The molecule has 3 N–H and O–H groups in total. The molecule has 1 amide bonds. The Morgan fingerprint density at radius 2 is 1.64 bits per heavy atom. The lowest BCUT2D eigenvalue weighted by Gasteiger charge is -2.43. The van der Waals surface area contributed by atoms with Crippen molar-refractivity contribution in [2.24, 2.45) is 11.8 Å². The van der Waals surface area contributed by atoms with Crippen molar-refractivity contribution in [2.75, 3.05) is 10.6 Å². The van der Waals surface area contributed by atoms with Crippen LogP contribution < -0.4 is 16.0 Å². The van der Waals surface area contributed by atoms with Crippen molar-refractivity contribution < 1.29 is 9.18 Å². The number of anilines is 2. The summed E-state index contributed by atoms with van der Waals surface area (Å²) >= 11 is 13.9. The highest BCUT2D eigenvalue weighted by atomic mass is 35.5. The number of carbonyl (C=O) groups excluding carboxylic acids is 1. The molecule has 2 fully saturated rings. The second kappa shape index (κ2) is 9.63.